The second-order valence-corrected chi connectivity index (χ2v) is 5.18. The summed E-state index contributed by atoms with van der Waals surface area (Å²) in [6.45, 7) is 3.82. The van der Waals surface area contributed by atoms with Crippen LogP contribution in [0.1, 0.15) is 21.6 Å². The maximum atomic E-state index is 11.6. The smallest absolute Gasteiger partial charge is 0.336 e. The quantitative estimate of drug-likeness (QED) is 0.784. The maximum Gasteiger partial charge on any atom is 0.336 e. The topological polar surface area (TPSA) is 68.0 Å². The molecule has 3 rings (SSSR count). The highest BCUT2D eigenvalue weighted by Crippen LogP contribution is 2.27. The van der Waals surface area contributed by atoms with E-state index in [1.807, 2.05) is 45.3 Å². The molecule has 106 valence electrons. The average molecular weight is 281 g/mol. The Bertz CT molecular complexity index is 865. The molecule has 0 fully saturated rings. The van der Waals surface area contributed by atoms with E-state index in [1.165, 1.54) is 0 Å². The first-order chi connectivity index (χ1) is 9.95. The third-order valence-corrected chi connectivity index (χ3v) is 3.48. The Morgan fingerprint density at radius 1 is 1.24 bits per heavy atom. The fraction of sp³-hybridized carbons (Fsp3) is 0.188. The molecule has 21 heavy (non-hydrogen) atoms. The molecular formula is C16H15N3O2. The molecule has 1 aromatic carbocycles. The van der Waals surface area contributed by atoms with Crippen molar-refractivity contribution >= 4 is 16.9 Å². The molecular weight excluding hydrogens is 266 g/mol. The second-order valence-electron chi connectivity index (χ2n) is 5.18. The molecule has 0 atom stereocenters. The Morgan fingerprint density at radius 3 is 2.62 bits per heavy atom. The van der Waals surface area contributed by atoms with Crippen molar-refractivity contribution in [3.8, 4) is 11.3 Å². The van der Waals surface area contributed by atoms with Gasteiger partial charge in [0.25, 0.3) is 0 Å². The van der Waals surface area contributed by atoms with Gasteiger partial charge >= 0.3 is 5.97 Å². The first-order valence-corrected chi connectivity index (χ1v) is 6.61. The van der Waals surface area contributed by atoms with E-state index in [9.17, 15) is 9.90 Å². The van der Waals surface area contributed by atoms with Crippen molar-refractivity contribution in [2.75, 3.05) is 0 Å². The summed E-state index contributed by atoms with van der Waals surface area (Å²) in [5.41, 5.74) is 4.27. The summed E-state index contributed by atoms with van der Waals surface area (Å²) in [5.74, 6) is -0.948. The number of fused-ring (bicyclic) bond motifs is 1. The highest BCUT2D eigenvalue weighted by atomic mass is 16.4. The van der Waals surface area contributed by atoms with E-state index in [0.717, 1.165) is 16.8 Å². The normalized spacial score (nSPS) is 11.0. The predicted octanol–water partition coefficient (Wildman–Crippen LogP) is 2.95. The summed E-state index contributed by atoms with van der Waals surface area (Å²) < 4.78 is 1.70. The zero-order valence-electron chi connectivity index (χ0n) is 12.1. The second kappa shape index (κ2) is 4.70. The number of benzene rings is 1. The van der Waals surface area contributed by atoms with Gasteiger partial charge < -0.3 is 5.11 Å². The monoisotopic (exact) mass is 281 g/mol. The van der Waals surface area contributed by atoms with E-state index in [0.29, 0.717) is 16.6 Å². The number of carbonyl (C=O) groups is 1. The molecule has 0 amide bonds. The fourth-order valence-corrected chi connectivity index (χ4v) is 2.51. The van der Waals surface area contributed by atoms with Crippen LogP contribution in [-0.4, -0.2) is 25.8 Å². The molecule has 0 saturated carbocycles. The van der Waals surface area contributed by atoms with Crippen LogP contribution in [0.25, 0.3) is 22.2 Å². The molecule has 5 nitrogen and oxygen atoms in total. The fourth-order valence-electron chi connectivity index (χ4n) is 2.51. The minimum Gasteiger partial charge on any atom is -0.478 e. The van der Waals surface area contributed by atoms with E-state index in [4.69, 9.17) is 0 Å². The van der Waals surface area contributed by atoms with Crippen molar-refractivity contribution < 1.29 is 9.90 Å². The summed E-state index contributed by atoms with van der Waals surface area (Å²) in [4.78, 5) is 16.1. The summed E-state index contributed by atoms with van der Waals surface area (Å²) in [6.07, 6.45) is 1.85. The highest BCUT2D eigenvalue weighted by molar-refractivity contribution is 6.04. The number of nitrogens with zero attached hydrogens (tertiary/aromatic N) is 3. The summed E-state index contributed by atoms with van der Waals surface area (Å²) in [5, 5.41) is 14.4. The van der Waals surface area contributed by atoms with E-state index >= 15 is 0 Å². The number of pyridine rings is 1. The first kappa shape index (κ1) is 13.3. The largest absolute Gasteiger partial charge is 0.478 e. The number of aromatic nitrogens is 3. The van der Waals surface area contributed by atoms with E-state index in [1.54, 1.807) is 10.7 Å². The van der Waals surface area contributed by atoms with E-state index in [2.05, 4.69) is 10.1 Å². The van der Waals surface area contributed by atoms with Crippen LogP contribution in [0, 0.1) is 13.8 Å². The molecule has 0 aliphatic rings. The molecule has 0 spiro atoms. The molecule has 3 aromatic rings. The molecule has 0 unspecified atom stereocenters. The standard InChI is InChI=1S/C16H15N3O2/c1-9-4-5-14-11(6-9)12(16(20)21)7-15(17-14)13-8-19(3)18-10(13)2/h4-8H,1-3H3,(H,20,21). The number of hydrogen-bond acceptors (Lipinski definition) is 3. The molecule has 0 radical (unpaired) electrons. The van der Waals surface area contributed by atoms with Crippen molar-refractivity contribution in [1.29, 1.82) is 0 Å². The third kappa shape index (κ3) is 2.27. The van der Waals surface area contributed by atoms with Crippen LogP contribution in [0.2, 0.25) is 0 Å². The zero-order valence-corrected chi connectivity index (χ0v) is 12.1. The predicted molar refractivity (Wildman–Crippen MR) is 80.4 cm³/mol. The lowest BCUT2D eigenvalue weighted by Gasteiger charge is -2.07. The van der Waals surface area contributed by atoms with Crippen molar-refractivity contribution in [1.82, 2.24) is 14.8 Å². The van der Waals surface area contributed by atoms with E-state index < -0.39 is 5.97 Å². The number of aryl methyl sites for hydroxylation is 3. The SMILES string of the molecule is Cc1ccc2nc(-c3cn(C)nc3C)cc(C(=O)O)c2c1. The number of hydrogen-bond donors (Lipinski definition) is 1. The summed E-state index contributed by atoms with van der Waals surface area (Å²) in [7, 11) is 1.83. The third-order valence-electron chi connectivity index (χ3n) is 3.48. The molecule has 0 aliphatic heterocycles. The minimum absolute atomic E-state index is 0.266. The number of carboxylic acids is 1. The lowest BCUT2D eigenvalue weighted by Crippen LogP contribution is -2.00. The molecule has 0 bridgehead atoms. The van der Waals surface area contributed by atoms with Crippen LogP contribution < -0.4 is 0 Å². The van der Waals surface area contributed by atoms with Gasteiger partial charge in [0.2, 0.25) is 0 Å². The van der Waals surface area contributed by atoms with Gasteiger partial charge in [-0.3, -0.25) is 4.68 Å². The summed E-state index contributed by atoms with van der Waals surface area (Å²) >= 11 is 0. The van der Waals surface area contributed by atoms with Gasteiger partial charge in [-0.05, 0) is 32.0 Å². The van der Waals surface area contributed by atoms with Crippen molar-refractivity contribution in [2.45, 2.75) is 13.8 Å². The maximum absolute atomic E-state index is 11.6. The van der Waals surface area contributed by atoms with Crippen LogP contribution in [0.5, 0.6) is 0 Å². The Kier molecular flexibility index (Phi) is 2.97. The molecule has 2 heterocycles. The molecule has 0 saturated heterocycles. The first-order valence-electron chi connectivity index (χ1n) is 6.61. The Morgan fingerprint density at radius 2 is 2.00 bits per heavy atom. The van der Waals surface area contributed by atoms with Crippen LogP contribution in [0.15, 0.2) is 30.5 Å². The lowest BCUT2D eigenvalue weighted by molar-refractivity contribution is 0.0699. The number of carboxylic acid groups (broad SMARTS) is 1. The number of aromatic carboxylic acids is 1. The van der Waals surface area contributed by atoms with Crippen molar-refractivity contribution in [3.63, 3.8) is 0 Å². The Balaban J connectivity index is 2.33. The van der Waals surface area contributed by atoms with Crippen LogP contribution in [0.4, 0.5) is 0 Å². The van der Waals surface area contributed by atoms with Gasteiger partial charge in [0.1, 0.15) is 0 Å². The summed E-state index contributed by atoms with van der Waals surface area (Å²) in [6, 6.07) is 7.26. The highest BCUT2D eigenvalue weighted by Gasteiger charge is 2.15. The van der Waals surface area contributed by atoms with Gasteiger partial charge in [0.05, 0.1) is 22.5 Å². The van der Waals surface area contributed by atoms with Crippen molar-refractivity contribution in [2.24, 2.45) is 7.05 Å². The van der Waals surface area contributed by atoms with Crippen LogP contribution in [-0.2, 0) is 7.05 Å². The number of rotatable bonds is 2. The van der Waals surface area contributed by atoms with E-state index in [-0.39, 0.29) is 5.56 Å². The molecule has 5 heteroatoms. The average Bonchev–Trinajstić information content (AvgIpc) is 2.76. The van der Waals surface area contributed by atoms with Gasteiger partial charge in [-0.2, -0.15) is 5.10 Å². The zero-order chi connectivity index (χ0) is 15.1. The molecule has 1 N–H and O–H groups in total. The van der Waals surface area contributed by atoms with Gasteiger partial charge in [0, 0.05) is 24.2 Å². The van der Waals surface area contributed by atoms with Gasteiger partial charge in [-0.15, -0.1) is 0 Å². The van der Waals surface area contributed by atoms with Crippen molar-refractivity contribution in [3.05, 3.63) is 47.3 Å². The minimum atomic E-state index is -0.948. The Hall–Kier alpha value is -2.69. The van der Waals surface area contributed by atoms with Gasteiger partial charge in [-0.1, -0.05) is 11.6 Å². The lowest BCUT2D eigenvalue weighted by atomic mass is 10.0. The molecule has 2 aromatic heterocycles. The Labute approximate surface area is 121 Å². The van der Waals surface area contributed by atoms with Gasteiger partial charge in [0.15, 0.2) is 0 Å². The molecule has 0 aliphatic carbocycles. The van der Waals surface area contributed by atoms with Gasteiger partial charge in [-0.25, -0.2) is 9.78 Å². The van der Waals surface area contributed by atoms with Crippen LogP contribution >= 0.6 is 0 Å². The van der Waals surface area contributed by atoms with Crippen LogP contribution in [0.3, 0.4) is 0 Å².